The third-order valence-corrected chi connectivity index (χ3v) is 3.74. The molecule has 4 nitrogen and oxygen atoms in total. The zero-order chi connectivity index (χ0) is 15.0. The van der Waals surface area contributed by atoms with Crippen molar-refractivity contribution in [1.82, 2.24) is 9.78 Å². The van der Waals surface area contributed by atoms with E-state index in [9.17, 15) is 4.79 Å². The lowest BCUT2D eigenvalue weighted by atomic mass is 10.1. The highest BCUT2D eigenvalue weighted by Crippen LogP contribution is 2.20. The van der Waals surface area contributed by atoms with E-state index in [-0.39, 0.29) is 5.91 Å². The molecule has 0 fully saturated rings. The summed E-state index contributed by atoms with van der Waals surface area (Å²) >= 11 is 0. The van der Waals surface area contributed by atoms with Gasteiger partial charge < -0.3 is 5.32 Å². The molecule has 0 saturated heterocycles. The molecule has 0 aliphatic rings. The van der Waals surface area contributed by atoms with Crippen molar-refractivity contribution in [2.24, 2.45) is 7.05 Å². The maximum atomic E-state index is 12.4. The van der Waals surface area contributed by atoms with Crippen molar-refractivity contribution in [3.8, 4) is 0 Å². The van der Waals surface area contributed by atoms with Crippen LogP contribution in [0.5, 0.6) is 0 Å². The second kappa shape index (κ2) is 5.05. The minimum absolute atomic E-state index is 0.115. The Labute approximate surface area is 123 Å². The normalized spacial score (nSPS) is 10.8. The minimum atomic E-state index is -0.115. The average Bonchev–Trinajstić information content (AvgIpc) is 2.82. The molecule has 0 atom stereocenters. The molecule has 3 rings (SSSR count). The summed E-state index contributed by atoms with van der Waals surface area (Å²) in [6.45, 7) is 4.04. The summed E-state index contributed by atoms with van der Waals surface area (Å²) in [4.78, 5) is 12.4. The van der Waals surface area contributed by atoms with Crippen molar-refractivity contribution >= 4 is 22.5 Å². The quantitative estimate of drug-likeness (QED) is 0.781. The number of hydrogen-bond donors (Lipinski definition) is 1. The van der Waals surface area contributed by atoms with Gasteiger partial charge in [0.2, 0.25) is 0 Å². The van der Waals surface area contributed by atoms with Crippen LogP contribution < -0.4 is 5.32 Å². The lowest BCUT2D eigenvalue weighted by Crippen LogP contribution is -2.13. The van der Waals surface area contributed by atoms with E-state index < -0.39 is 0 Å². The molecule has 1 aromatic heterocycles. The Balaban J connectivity index is 1.91. The van der Waals surface area contributed by atoms with Crippen molar-refractivity contribution in [1.29, 1.82) is 0 Å². The number of aryl methyl sites for hydroxylation is 2. The van der Waals surface area contributed by atoms with Crippen LogP contribution in [0.4, 0.5) is 5.69 Å². The van der Waals surface area contributed by atoms with Crippen LogP contribution in [-0.2, 0) is 7.05 Å². The number of aromatic nitrogens is 2. The molecule has 0 aliphatic carbocycles. The third-order valence-electron chi connectivity index (χ3n) is 3.74. The van der Waals surface area contributed by atoms with Gasteiger partial charge in [0.05, 0.1) is 5.52 Å². The third kappa shape index (κ3) is 2.52. The zero-order valence-electron chi connectivity index (χ0n) is 12.3. The Morgan fingerprint density at radius 1 is 1.19 bits per heavy atom. The molecule has 0 aliphatic heterocycles. The molecule has 0 bridgehead atoms. The van der Waals surface area contributed by atoms with Gasteiger partial charge in [-0.2, -0.15) is 5.10 Å². The maximum absolute atomic E-state index is 12.4. The SMILES string of the molecule is Cc1cccc(NC(=O)c2ccc3cn(C)nc3c2)c1C. The Hall–Kier alpha value is -2.62. The highest BCUT2D eigenvalue weighted by Gasteiger charge is 2.10. The molecule has 0 spiro atoms. The summed E-state index contributed by atoms with van der Waals surface area (Å²) < 4.78 is 1.75. The smallest absolute Gasteiger partial charge is 0.255 e. The molecule has 3 aromatic rings. The molecule has 0 radical (unpaired) electrons. The van der Waals surface area contributed by atoms with Gasteiger partial charge in [-0.05, 0) is 43.2 Å². The van der Waals surface area contributed by atoms with Crippen molar-refractivity contribution < 1.29 is 4.79 Å². The van der Waals surface area contributed by atoms with Crippen LogP contribution in [0.25, 0.3) is 10.9 Å². The molecular weight excluding hydrogens is 262 g/mol. The number of hydrogen-bond acceptors (Lipinski definition) is 2. The number of benzene rings is 2. The molecule has 106 valence electrons. The first-order valence-electron chi connectivity index (χ1n) is 6.85. The number of fused-ring (bicyclic) bond motifs is 1. The van der Waals surface area contributed by atoms with Crippen molar-refractivity contribution in [3.05, 3.63) is 59.3 Å². The predicted octanol–water partition coefficient (Wildman–Crippen LogP) is 3.44. The lowest BCUT2D eigenvalue weighted by molar-refractivity contribution is 0.102. The van der Waals surface area contributed by atoms with E-state index in [2.05, 4.69) is 10.4 Å². The highest BCUT2D eigenvalue weighted by molar-refractivity contribution is 6.06. The molecule has 4 heteroatoms. The molecule has 1 heterocycles. The van der Waals surface area contributed by atoms with E-state index >= 15 is 0 Å². The molecule has 2 aromatic carbocycles. The van der Waals surface area contributed by atoms with E-state index in [4.69, 9.17) is 0 Å². The number of nitrogens with one attached hydrogen (secondary N) is 1. The summed E-state index contributed by atoms with van der Waals surface area (Å²) in [5.74, 6) is -0.115. The second-order valence-electron chi connectivity index (χ2n) is 5.28. The topological polar surface area (TPSA) is 46.9 Å². The Morgan fingerprint density at radius 2 is 2.00 bits per heavy atom. The Kier molecular flexibility index (Phi) is 3.22. The van der Waals surface area contributed by atoms with Gasteiger partial charge in [-0.1, -0.05) is 18.2 Å². The number of anilines is 1. The van der Waals surface area contributed by atoms with Gasteiger partial charge in [0.15, 0.2) is 0 Å². The van der Waals surface area contributed by atoms with Crippen LogP contribution in [0.2, 0.25) is 0 Å². The molecule has 0 unspecified atom stereocenters. The first-order valence-corrected chi connectivity index (χ1v) is 6.85. The zero-order valence-corrected chi connectivity index (χ0v) is 12.3. The number of carbonyl (C=O) groups excluding carboxylic acids is 1. The van der Waals surface area contributed by atoms with Gasteiger partial charge in [0.25, 0.3) is 5.91 Å². The second-order valence-corrected chi connectivity index (χ2v) is 5.28. The van der Waals surface area contributed by atoms with Crippen LogP contribution in [0.3, 0.4) is 0 Å². The van der Waals surface area contributed by atoms with E-state index in [1.165, 1.54) is 0 Å². The molecule has 1 N–H and O–H groups in total. The summed E-state index contributed by atoms with van der Waals surface area (Å²) in [5, 5.41) is 8.33. The Morgan fingerprint density at radius 3 is 2.81 bits per heavy atom. The van der Waals surface area contributed by atoms with Crippen LogP contribution in [0, 0.1) is 13.8 Å². The van der Waals surface area contributed by atoms with Gasteiger partial charge >= 0.3 is 0 Å². The van der Waals surface area contributed by atoms with Gasteiger partial charge in [0.1, 0.15) is 0 Å². The molecule has 1 amide bonds. The van der Waals surface area contributed by atoms with E-state index in [1.54, 1.807) is 4.68 Å². The number of amides is 1. The van der Waals surface area contributed by atoms with E-state index in [0.29, 0.717) is 5.56 Å². The number of rotatable bonds is 2. The first kappa shape index (κ1) is 13.4. The van der Waals surface area contributed by atoms with E-state index in [1.807, 2.05) is 63.5 Å². The minimum Gasteiger partial charge on any atom is -0.322 e. The van der Waals surface area contributed by atoms with Gasteiger partial charge in [-0.25, -0.2) is 0 Å². The fourth-order valence-electron chi connectivity index (χ4n) is 2.36. The fraction of sp³-hybridized carbons (Fsp3) is 0.176. The predicted molar refractivity (Wildman–Crippen MR) is 84.6 cm³/mol. The average molecular weight is 279 g/mol. The first-order chi connectivity index (χ1) is 10.0. The van der Waals surface area contributed by atoms with Crippen LogP contribution in [0.15, 0.2) is 42.6 Å². The largest absolute Gasteiger partial charge is 0.322 e. The summed E-state index contributed by atoms with van der Waals surface area (Å²) in [7, 11) is 1.87. The summed E-state index contributed by atoms with van der Waals surface area (Å²) in [6.07, 6.45) is 1.93. The van der Waals surface area contributed by atoms with Crippen molar-refractivity contribution in [3.63, 3.8) is 0 Å². The van der Waals surface area contributed by atoms with Gasteiger partial charge in [0, 0.05) is 29.9 Å². The summed E-state index contributed by atoms with van der Waals surface area (Å²) in [6, 6.07) is 11.4. The van der Waals surface area contributed by atoms with Gasteiger partial charge in [-0.15, -0.1) is 0 Å². The molecular formula is C17H17N3O. The number of carbonyl (C=O) groups is 1. The Bertz CT molecular complexity index is 833. The van der Waals surface area contributed by atoms with Crippen LogP contribution in [-0.4, -0.2) is 15.7 Å². The lowest BCUT2D eigenvalue weighted by Gasteiger charge is -2.10. The van der Waals surface area contributed by atoms with Crippen molar-refractivity contribution in [2.45, 2.75) is 13.8 Å². The monoisotopic (exact) mass is 279 g/mol. The van der Waals surface area contributed by atoms with Gasteiger partial charge in [-0.3, -0.25) is 9.48 Å². The van der Waals surface area contributed by atoms with E-state index in [0.717, 1.165) is 27.7 Å². The standard InChI is InChI=1S/C17H17N3O/c1-11-5-4-6-15(12(11)2)18-17(21)13-7-8-14-10-20(3)19-16(14)9-13/h4-10H,1-3H3,(H,18,21). The van der Waals surface area contributed by atoms with Crippen LogP contribution in [0.1, 0.15) is 21.5 Å². The maximum Gasteiger partial charge on any atom is 0.255 e. The van der Waals surface area contributed by atoms with Crippen LogP contribution >= 0.6 is 0 Å². The fourth-order valence-corrected chi connectivity index (χ4v) is 2.36. The molecule has 0 saturated carbocycles. The number of nitrogens with zero attached hydrogens (tertiary/aromatic N) is 2. The highest BCUT2D eigenvalue weighted by atomic mass is 16.1. The van der Waals surface area contributed by atoms with Crippen molar-refractivity contribution in [2.75, 3.05) is 5.32 Å². The summed E-state index contributed by atoms with van der Waals surface area (Å²) in [5.41, 5.74) is 4.53. The molecule has 21 heavy (non-hydrogen) atoms.